The van der Waals surface area contributed by atoms with Crippen molar-refractivity contribution >= 4 is 25.6 Å². The van der Waals surface area contributed by atoms with Crippen LogP contribution in [-0.4, -0.2) is 62.7 Å². The van der Waals surface area contributed by atoms with E-state index in [2.05, 4.69) is 23.4 Å². The van der Waals surface area contributed by atoms with E-state index in [1.165, 1.54) is 53.9 Å². The maximum absolute atomic E-state index is 11.6. The Morgan fingerprint density at radius 2 is 1.00 bits per heavy atom. The Morgan fingerprint density at radius 1 is 0.690 bits per heavy atom. The number of carbonyl (C=O) groups excluding carboxylic acids is 2. The van der Waals surface area contributed by atoms with Gasteiger partial charge in [0.25, 0.3) is 0 Å². The van der Waals surface area contributed by atoms with E-state index < -0.39 is 0 Å². The Balaban J connectivity index is 3.41. The van der Waals surface area contributed by atoms with Crippen LogP contribution in [0.4, 0.5) is 9.59 Å². The molecule has 2 amide bonds. The predicted octanol–water partition coefficient (Wildman–Crippen LogP) is 4.98. The number of carbonyl (C=O) groups is 2. The zero-order chi connectivity index (χ0) is 21.7. The molecule has 0 saturated carbocycles. The van der Waals surface area contributed by atoms with Crippen molar-refractivity contribution in [3.63, 3.8) is 0 Å². The first-order valence-corrected chi connectivity index (χ1v) is 10.1. The monoisotopic (exact) mass is 408 g/mol. The Bertz CT molecular complexity index is 489. The first-order chi connectivity index (χ1) is 14.0. The maximum Gasteiger partial charge on any atom is 0.413 e. The molecule has 0 aromatic carbocycles. The standard InChI is InChI=1S/C21H36N4O4/c1-22-14-16-24(3)20(26)28-18-12-10-8-6-5-7-9-11-13-19-29-21(27)25(4)17-15-23-2/h14-17H,1-2,5-13,18-19H2,3-4H3/b16-14-,17-15-. The van der Waals surface area contributed by atoms with Crippen LogP contribution in [0.3, 0.4) is 0 Å². The summed E-state index contributed by atoms with van der Waals surface area (Å²) in [5.74, 6) is 0. The highest BCUT2D eigenvalue weighted by Crippen LogP contribution is 2.10. The van der Waals surface area contributed by atoms with Crippen LogP contribution in [0.2, 0.25) is 0 Å². The highest BCUT2D eigenvalue weighted by Gasteiger charge is 2.06. The van der Waals surface area contributed by atoms with Gasteiger partial charge in [0.15, 0.2) is 0 Å². The molecule has 0 aromatic heterocycles. The zero-order valence-electron chi connectivity index (χ0n) is 17.9. The van der Waals surface area contributed by atoms with Gasteiger partial charge in [0.2, 0.25) is 0 Å². The van der Waals surface area contributed by atoms with Crippen LogP contribution in [-0.2, 0) is 9.47 Å². The average molecular weight is 409 g/mol. The van der Waals surface area contributed by atoms with Crippen molar-refractivity contribution in [1.29, 1.82) is 0 Å². The number of unbranched alkanes of at least 4 members (excludes halogenated alkanes) is 8. The third-order valence-corrected chi connectivity index (χ3v) is 4.11. The second kappa shape index (κ2) is 18.7. The second-order valence-corrected chi connectivity index (χ2v) is 6.59. The molecule has 0 N–H and O–H groups in total. The molecular formula is C21H36N4O4. The number of ether oxygens (including phenoxy) is 2. The van der Waals surface area contributed by atoms with Crippen molar-refractivity contribution in [2.75, 3.05) is 27.3 Å². The summed E-state index contributed by atoms with van der Waals surface area (Å²) in [5, 5.41) is 0. The van der Waals surface area contributed by atoms with Crippen molar-refractivity contribution in [2.24, 2.45) is 9.98 Å². The van der Waals surface area contributed by atoms with Crippen LogP contribution < -0.4 is 0 Å². The van der Waals surface area contributed by atoms with Crippen molar-refractivity contribution in [1.82, 2.24) is 9.80 Å². The SMILES string of the molecule is C=N/C=C\N(C)C(=O)OCCCCCCCCCCCOC(=O)N(C)/C=C\N=C. The van der Waals surface area contributed by atoms with E-state index in [4.69, 9.17) is 9.47 Å². The molecule has 0 spiro atoms. The van der Waals surface area contributed by atoms with Crippen LogP contribution in [0.25, 0.3) is 0 Å². The summed E-state index contributed by atoms with van der Waals surface area (Å²) in [7, 11) is 3.23. The summed E-state index contributed by atoms with van der Waals surface area (Å²) in [6, 6.07) is 0. The highest BCUT2D eigenvalue weighted by atomic mass is 16.6. The van der Waals surface area contributed by atoms with Gasteiger partial charge in [-0.15, -0.1) is 0 Å². The van der Waals surface area contributed by atoms with Crippen LogP contribution >= 0.6 is 0 Å². The maximum atomic E-state index is 11.6. The molecule has 0 bridgehead atoms. The van der Waals surface area contributed by atoms with E-state index in [9.17, 15) is 9.59 Å². The van der Waals surface area contributed by atoms with Gasteiger partial charge in [-0.05, 0) is 26.3 Å². The van der Waals surface area contributed by atoms with Gasteiger partial charge >= 0.3 is 12.2 Å². The predicted molar refractivity (Wildman–Crippen MR) is 117 cm³/mol. The summed E-state index contributed by atoms with van der Waals surface area (Å²) in [4.78, 5) is 32.9. The van der Waals surface area contributed by atoms with E-state index in [0.29, 0.717) is 13.2 Å². The largest absolute Gasteiger partial charge is 0.449 e. The Morgan fingerprint density at radius 3 is 1.31 bits per heavy atom. The topological polar surface area (TPSA) is 83.8 Å². The first-order valence-electron chi connectivity index (χ1n) is 10.1. The molecule has 8 heteroatoms. The molecule has 29 heavy (non-hydrogen) atoms. The van der Waals surface area contributed by atoms with Crippen LogP contribution in [0.15, 0.2) is 34.8 Å². The molecule has 0 unspecified atom stereocenters. The highest BCUT2D eigenvalue weighted by molar-refractivity contribution is 5.68. The van der Waals surface area contributed by atoms with E-state index in [0.717, 1.165) is 38.5 Å². The Hall–Kier alpha value is -2.64. The molecule has 0 fully saturated rings. The van der Waals surface area contributed by atoms with E-state index >= 15 is 0 Å². The molecule has 8 nitrogen and oxygen atoms in total. The smallest absolute Gasteiger partial charge is 0.413 e. The van der Waals surface area contributed by atoms with Gasteiger partial charge in [0.1, 0.15) is 0 Å². The molecule has 0 heterocycles. The molecule has 0 saturated heterocycles. The lowest BCUT2D eigenvalue weighted by atomic mass is 10.1. The number of hydrogen-bond acceptors (Lipinski definition) is 6. The van der Waals surface area contributed by atoms with Crippen LogP contribution in [0.5, 0.6) is 0 Å². The van der Waals surface area contributed by atoms with E-state index in [1.54, 1.807) is 14.1 Å². The fourth-order valence-electron chi connectivity index (χ4n) is 2.38. The molecule has 0 aliphatic carbocycles. The van der Waals surface area contributed by atoms with E-state index in [-0.39, 0.29) is 12.2 Å². The molecule has 0 rings (SSSR count). The summed E-state index contributed by atoms with van der Waals surface area (Å²) < 4.78 is 10.3. The summed E-state index contributed by atoms with van der Waals surface area (Å²) in [6.07, 6.45) is 14.9. The fourth-order valence-corrected chi connectivity index (χ4v) is 2.38. The lowest BCUT2D eigenvalue weighted by molar-refractivity contribution is 0.120. The van der Waals surface area contributed by atoms with E-state index in [1.807, 2.05) is 0 Å². The minimum atomic E-state index is -0.382. The summed E-state index contributed by atoms with van der Waals surface area (Å²) in [5.41, 5.74) is 0. The number of rotatable bonds is 16. The molecule has 164 valence electrons. The van der Waals surface area contributed by atoms with Gasteiger partial charge in [0.05, 0.1) is 13.2 Å². The van der Waals surface area contributed by atoms with Gasteiger partial charge in [-0.2, -0.15) is 0 Å². The molecule has 0 aliphatic heterocycles. The van der Waals surface area contributed by atoms with Gasteiger partial charge in [-0.1, -0.05) is 44.9 Å². The fraction of sp³-hybridized carbons (Fsp3) is 0.619. The third kappa shape index (κ3) is 16.1. The van der Waals surface area contributed by atoms with Gasteiger partial charge in [0, 0.05) is 38.9 Å². The van der Waals surface area contributed by atoms with Crippen molar-refractivity contribution in [2.45, 2.75) is 57.8 Å². The number of hydrogen-bond donors (Lipinski definition) is 0. The second-order valence-electron chi connectivity index (χ2n) is 6.59. The molecule has 0 aliphatic rings. The van der Waals surface area contributed by atoms with Gasteiger partial charge in [-0.25, -0.2) is 9.59 Å². The van der Waals surface area contributed by atoms with Crippen LogP contribution in [0, 0.1) is 0 Å². The van der Waals surface area contributed by atoms with Crippen molar-refractivity contribution < 1.29 is 19.1 Å². The lowest BCUT2D eigenvalue weighted by Gasteiger charge is -2.12. The third-order valence-electron chi connectivity index (χ3n) is 4.11. The molecule has 0 atom stereocenters. The quantitative estimate of drug-likeness (QED) is 0.266. The minimum Gasteiger partial charge on any atom is -0.449 e. The Kier molecular flexibility index (Phi) is 17.0. The lowest BCUT2D eigenvalue weighted by Crippen LogP contribution is -2.22. The van der Waals surface area contributed by atoms with Gasteiger partial charge in [-0.3, -0.25) is 19.8 Å². The zero-order valence-corrected chi connectivity index (χ0v) is 17.9. The molecule has 0 aromatic rings. The normalized spacial score (nSPS) is 10.8. The molecule has 0 radical (unpaired) electrons. The van der Waals surface area contributed by atoms with Crippen LogP contribution in [0.1, 0.15) is 57.8 Å². The first kappa shape index (κ1) is 26.4. The van der Waals surface area contributed by atoms with Gasteiger partial charge < -0.3 is 9.47 Å². The van der Waals surface area contributed by atoms with Crippen molar-refractivity contribution in [3.05, 3.63) is 24.8 Å². The molecular weight excluding hydrogens is 372 g/mol. The average Bonchev–Trinajstić information content (AvgIpc) is 2.72. The van der Waals surface area contributed by atoms with Crippen molar-refractivity contribution in [3.8, 4) is 0 Å². The summed E-state index contributed by atoms with van der Waals surface area (Å²) >= 11 is 0. The minimum absolute atomic E-state index is 0.382. The number of aliphatic imine (C=N–C) groups is 2. The summed E-state index contributed by atoms with van der Waals surface area (Å²) in [6.45, 7) is 7.49. The number of nitrogens with zero attached hydrogens (tertiary/aromatic N) is 4. The number of amides is 2. The Labute approximate surface area is 175 Å².